The van der Waals surface area contributed by atoms with Crippen LogP contribution < -0.4 is 15.4 Å². The molecule has 3 atom stereocenters. The van der Waals surface area contributed by atoms with Crippen LogP contribution in [0.5, 0.6) is 0 Å². The molecule has 0 spiro atoms. The van der Waals surface area contributed by atoms with Crippen molar-refractivity contribution >= 4 is 27.0 Å². The lowest BCUT2D eigenvalue weighted by molar-refractivity contribution is -0.258. The third-order valence-electron chi connectivity index (χ3n) is 5.45. The molecule has 7 nitrogen and oxygen atoms in total. The minimum atomic E-state index is -4.81. The fourth-order valence-electron chi connectivity index (χ4n) is 3.41. The first-order chi connectivity index (χ1) is 15.4. The van der Waals surface area contributed by atoms with Gasteiger partial charge in [-0.3, -0.25) is 0 Å². The average molecular weight is 508 g/mol. The molecule has 2 heterocycles. The Morgan fingerprint density at radius 3 is 2.39 bits per heavy atom. The molecule has 4 N–H and O–H groups in total. The van der Waals surface area contributed by atoms with Gasteiger partial charge in [0.25, 0.3) is 0 Å². The highest BCUT2D eigenvalue weighted by Crippen LogP contribution is 2.38. The van der Waals surface area contributed by atoms with Gasteiger partial charge in [-0.25, -0.2) is 13.1 Å². The molecular formula is C21H28F3N3O4S2. The predicted molar refractivity (Wildman–Crippen MR) is 121 cm³/mol. The van der Waals surface area contributed by atoms with Crippen molar-refractivity contribution < 1.29 is 31.4 Å². The standard InChI is InChI=1S/C21H28F3N3O4S2/c1-14(26-18-12-31-13-18)10-17(11-25-33(29,30)19-4-3-9-32-19)27-16-7-5-15(6-8-16)20(2,28)21(22,23)24/h3-9,14,17-18,25-28H,10-13H2,1-2H3/t14-,17+,20-/m1/s1. The fourth-order valence-corrected chi connectivity index (χ4v) is 5.53. The van der Waals surface area contributed by atoms with E-state index in [9.17, 15) is 26.7 Å². The minimum absolute atomic E-state index is 0.0351. The van der Waals surface area contributed by atoms with Gasteiger partial charge in [0, 0.05) is 24.3 Å². The number of rotatable bonds is 11. The second-order valence-corrected chi connectivity index (χ2v) is 11.3. The quantitative estimate of drug-likeness (QED) is 0.373. The van der Waals surface area contributed by atoms with Gasteiger partial charge in [-0.15, -0.1) is 11.3 Å². The Balaban J connectivity index is 1.70. The molecule has 33 heavy (non-hydrogen) atoms. The Kier molecular flexibility index (Phi) is 8.07. The number of anilines is 1. The molecule has 1 aliphatic rings. The fraction of sp³-hybridized carbons (Fsp3) is 0.524. The van der Waals surface area contributed by atoms with E-state index in [1.165, 1.54) is 30.3 Å². The lowest BCUT2D eigenvalue weighted by atomic mass is 9.95. The van der Waals surface area contributed by atoms with Crippen LogP contribution in [0.15, 0.2) is 46.0 Å². The summed E-state index contributed by atoms with van der Waals surface area (Å²) in [4.78, 5) is 0. The number of hydrogen-bond donors (Lipinski definition) is 4. The maximum atomic E-state index is 13.1. The largest absolute Gasteiger partial charge is 0.421 e. The SMILES string of the molecule is C[C@H](C[C@@H](CNS(=O)(=O)c1cccs1)Nc1ccc([C@@](C)(O)C(F)(F)F)cc1)NC1COC1. The van der Waals surface area contributed by atoms with Crippen LogP contribution >= 0.6 is 11.3 Å². The summed E-state index contributed by atoms with van der Waals surface area (Å²) >= 11 is 1.11. The van der Waals surface area contributed by atoms with Crippen LogP contribution in [0.25, 0.3) is 0 Å². The van der Waals surface area contributed by atoms with E-state index < -0.39 is 21.8 Å². The molecule has 0 radical (unpaired) electrons. The highest BCUT2D eigenvalue weighted by Gasteiger charge is 2.51. The molecule has 2 aromatic rings. The second-order valence-electron chi connectivity index (χ2n) is 8.31. The van der Waals surface area contributed by atoms with E-state index in [0.717, 1.165) is 11.3 Å². The monoisotopic (exact) mass is 507 g/mol. The molecule has 1 aromatic carbocycles. The molecule has 0 unspecified atom stereocenters. The Bertz CT molecular complexity index is 993. The highest BCUT2D eigenvalue weighted by molar-refractivity contribution is 7.91. The van der Waals surface area contributed by atoms with E-state index in [4.69, 9.17) is 4.74 Å². The first-order valence-electron chi connectivity index (χ1n) is 10.4. The van der Waals surface area contributed by atoms with Gasteiger partial charge in [-0.1, -0.05) is 18.2 Å². The number of aliphatic hydroxyl groups is 1. The van der Waals surface area contributed by atoms with E-state index in [2.05, 4.69) is 15.4 Å². The summed E-state index contributed by atoms with van der Waals surface area (Å²) < 4.78 is 72.3. The van der Waals surface area contributed by atoms with E-state index in [1.807, 2.05) is 6.92 Å². The van der Waals surface area contributed by atoms with Gasteiger partial charge < -0.3 is 20.5 Å². The first-order valence-corrected chi connectivity index (χ1v) is 12.8. The third kappa shape index (κ3) is 6.67. The molecular weight excluding hydrogens is 479 g/mol. The number of sulfonamides is 1. The summed E-state index contributed by atoms with van der Waals surface area (Å²) in [5, 5.41) is 18.1. The molecule has 1 saturated heterocycles. The Labute approximate surface area is 195 Å². The molecule has 12 heteroatoms. The van der Waals surface area contributed by atoms with Crippen LogP contribution in [0.3, 0.4) is 0 Å². The predicted octanol–water partition coefficient (Wildman–Crippen LogP) is 3.04. The number of halogens is 3. The zero-order valence-corrected chi connectivity index (χ0v) is 19.9. The molecule has 3 rings (SSSR count). The normalized spacial score (nSPS) is 18.8. The lowest BCUT2D eigenvalue weighted by Crippen LogP contribution is -2.51. The van der Waals surface area contributed by atoms with Gasteiger partial charge in [-0.05, 0) is 49.4 Å². The minimum Gasteiger partial charge on any atom is -0.381 e. The van der Waals surface area contributed by atoms with Crippen molar-refractivity contribution in [2.75, 3.05) is 25.1 Å². The second kappa shape index (κ2) is 10.3. The van der Waals surface area contributed by atoms with E-state index in [0.29, 0.717) is 32.2 Å². The van der Waals surface area contributed by atoms with Crippen molar-refractivity contribution in [2.24, 2.45) is 0 Å². The molecule has 0 saturated carbocycles. The van der Waals surface area contributed by atoms with Crippen molar-refractivity contribution in [2.45, 2.75) is 54.4 Å². The van der Waals surface area contributed by atoms with Crippen LogP contribution in [-0.4, -0.2) is 57.6 Å². The zero-order valence-electron chi connectivity index (χ0n) is 18.2. The lowest BCUT2D eigenvalue weighted by Gasteiger charge is -2.32. The Morgan fingerprint density at radius 2 is 1.88 bits per heavy atom. The molecule has 1 aliphatic heterocycles. The summed E-state index contributed by atoms with van der Waals surface area (Å²) in [6.45, 7) is 4.00. The maximum Gasteiger partial charge on any atom is 0.421 e. The Hall–Kier alpha value is -1.70. The van der Waals surface area contributed by atoms with E-state index in [-0.39, 0.29) is 34.4 Å². The Morgan fingerprint density at radius 1 is 1.21 bits per heavy atom. The number of hydrogen-bond acceptors (Lipinski definition) is 7. The summed E-state index contributed by atoms with van der Waals surface area (Å²) in [7, 11) is -3.67. The van der Waals surface area contributed by atoms with Crippen LogP contribution in [0.1, 0.15) is 25.8 Å². The summed E-state index contributed by atoms with van der Waals surface area (Å²) in [6.07, 6.45) is -4.26. The molecule has 0 amide bonds. The van der Waals surface area contributed by atoms with Crippen molar-refractivity contribution in [1.29, 1.82) is 0 Å². The van der Waals surface area contributed by atoms with Gasteiger partial charge in [-0.2, -0.15) is 13.2 Å². The molecule has 1 aromatic heterocycles. The van der Waals surface area contributed by atoms with Crippen LogP contribution in [0, 0.1) is 0 Å². The zero-order chi connectivity index (χ0) is 24.3. The first kappa shape index (κ1) is 25.9. The molecule has 184 valence electrons. The maximum absolute atomic E-state index is 13.1. The van der Waals surface area contributed by atoms with Crippen molar-refractivity contribution in [3.05, 3.63) is 47.3 Å². The van der Waals surface area contributed by atoms with Crippen LogP contribution in [0.2, 0.25) is 0 Å². The van der Waals surface area contributed by atoms with Gasteiger partial charge in [0.1, 0.15) is 4.21 Å². The van der Waals surface area contributed by atoms with Crippen molar-refractivity contribution in [1.82, 2.24) is 10.0 Å². The number of alkyl halides is 3. The molecule has 0 bridgehead atoms. The number of thiophene rings is 1. The van der Waals surface area contributed by atoms with Crippen molar-refractivity contribution in [3.8, 4) is 0 Å². The summed E-state index contributed by atoms with van der Waals surface area (Å²) in [6, 6.07) is 8.38. The van der Waals surface area contributed by atoms with E-state index >= 15 is 0 Å². The smallest absolute Gasteiger partial charge is 0.381 e. The average Bonchev–Trinajstić information content (AvgIpc) is 3.24. The van der Waals surface area contributed by atoms with Gasteiger partial charge in [0.15, 0.2) is 5.60 Å². The number of benzene rings is 1. The topological polar surface area (TPSA) is 99.7 Å². The van der Waals surface area contributed by atoms with Crippen LogP contribution in [-0.2, 0) is 20.4 Å². The highest BCUT2D eigenvalue weighted by atomic mass is 32.2. The summed E-state index contributed by atoms with van der Waals surface area (Å²) in [5.41, 5.74) is -2.74. The van der Waals surface area contributed by atoms with Gasteiger partial charge >= 0.3 is 6.18 Å². The molecule has 1 fully saturated rings. The van der Waals surface area contributed by atoms with Crippen molar-refractivity contribution in [3.63, 3.8) is 0 Å². The van der Waals surface area contributed by atoms with Gasteiger partial charge in [0.05, 0.1) is 19.3 Å². The molecule has 0 aliphatic carbocycles. The number of nitrogens with one attached hydrogen (secondary N) is 3. The number of ether oxygens (including phenoxy) is 1. The van der Waals surface area contributed by atoms with Crippen LogP contribution in [0.4, 0.5) is 18.9 Å². The van der Waals surface area contributed by atoms with Gasteiger partial charge in [0.2, 0.25) is 10.0 Å². The third-order valence-corrected chi connectivity index (χ3v) is 8.27. The van der Waals surface area contributed by atoms with E-state index in [1.54, 1.807) is 11.4 Å². The summed E-state index contributed by atoms with van der Waals surface area (Å²) in [5.74, 6) is 0.